The minimum Gasteiger partial charge on any atom is -0.508 e. The van der Waals surface area contributed by atoms with Crippen LogP contribution in [0.15, 0.2) is 18.2 Å². The molecule has 164 valence electrons. The average Bonchev–Trinajstić information content (AvgIpc) is 3.52. The number of carbonyl (C=O) groups excluding carboxylic acids is 2. The van der Waals surface area contributed by atoms with Gasteiger partial charge in [-0.05, 0) is 92.5 Å². The number of piperidine rings is 1. The van der Waals surface area contributed by atoms with Gasteiger partial charge in [0.2, 0.25) is 11.8 Å². The number of hydrogen-bond acceptors (Lipinski definition) is 4. The van der Waals surface area contributed by atoms with Gasteiger partial charge in [-0.1, -0.05) is 13.0 Å². The molecule has 1 aliphatic heterocycles. The molecular formula is C24H35N3O3. The second-order valence-electron chi connectivity index (χ2n) is 9.85. The van der Waals surface area contributed by atoms with Gasteiger partial charge in [0.1, 0.15) is 11.8 Å². The molecule has 2 aliphatic carbocycles. The van der Waals surface area contributed by atoms with Crippen LogP contribution in [-0.2, 0) is 15.0 Å². The van der Waals surface area contributed by atoms with Crippen molar-refractivity contribution in [1.82, 2.24) is 10.2 Å². The molecular weight excluding hydrogens is 378 g/mol. The van der Waals surface area contributed by atoms with Gasteiger partial charge in [0, 0.05) is 19.0 Å². The highest BCUT2D eigenvalue weighted by Crippen LogP contribution is 2.53. The van der Waals surface area contributed by atoms with Gasteiger partial charge in [-0.2, -0.15) is 0 Å². The van der Waals surface area contributed by atoms with Gasteiger partial charge in [-0.15, -0.1) is 0 Å². The van der Waals surface area contributed by atoms with Gasteiger partial charge in [-0.3, -0.25) is 14.5 Å². The fourth-order valence-corrected chi connectivity index (χ4v) is 5.69. The Balaban J connectivity index is 1.50. The van der Waals surface area contributed by atoms with Crippen molar-refractivity contribution in [1.29, 1.82) is 0 Å². The zero-order chi connectivity index (χ0) is 21.5. The molecule has 4 N–H and O–H groups in total. The summed E-state index contributed by atoms with van der Waals surface area (Å²) in [5.41, 5.74) is 7.90. The molecule has 4 atom stereocenters. The number of phenolic OH excluding ortho intramolecular Hbond substituents is 1. The Morgan fingerprint density at radius 2 is 2.13 bits per heavy atom. The Morgan fingerprint density at radius 1 is 1.37 bits per heavy atom. The van der Waals surface area contributed by atoms with Crippen molar-refractivity contribution in [2.75, 3.05) is 13.1 Å². The molecule has 0 spiro atoms. The summed E-state index contributed by atoms with van der Waals surface area (Å²) in [5.74, 6) is 1.01. The fourth-order valence-electron chi connectivity index (χ4n) is 5.69. The van der Waals surface area contributed by atoms with E-state index in [1.54, 1.807) is 6.92 Å². The van der Waals surface area contributed by atoms with Gasteiger partial charge in [0.05, 0.1) is 0 Å². The molecule has 1 saturated heterocycles. The fraction of sp³-hybridized carbons (Fsp3) is 0.667. The summed E-state index contributed by atoms with van der Waals surface area (Å²) < 4.78 is 0. The molecule has 3 aliphatic rings. The van der Waals surface area contributed by atoms with Crippen molar-refractivity contribution in [3.63, 3.8) is 0 Å². The zero-order valence-electron chi connectivity index (χ0n) is 18.2. The van der Waals surface area contributed by atoms with Crippen LogP contribution >= 0.6 is 0 Å². The van der Waals surface area contributed by atoms with Crippen LogP contribution < -0.4 is 11.1 Å². The first-order chi connectivity index (χ1) is 14.3. The Hall–Kier alpha value is -2.08. The van der Waals surface area contributed by atoms with E-state index in [-0.39, 0.29) is 11.3 Å². The molecule has 1 aromatic carbocycles. The van der Waals surface area contributed by atoms with Crippen LogP contribution in [0.1, 0.15) is 75.8 Å². The second-order valence-corrected chi connectivity index (χ2v) is 9.85. The highest BCUT2D eigenvalue weighted by Gasteiger charge is 2.48. The smallest absolute Gasteiger partial charge is 0.239 e. The average molecular weight is 414 g/mol. The number of primary amides is 1. The van der Waals surface area contributed by atoms with E-state index in [0.29, 0.717) is 24.1 Å². The lowest BCUT2D eigenvalue weighted by Gasteiger charge is -2.54. The maximum Gasteiger partial charge on any atom is 0.239 e. The predicted molar refractivity (Wildman–Crippen MR) is 116 cm³/mol. The number of benzene rings is 1. The van der Waals surface area contributed by atoms with Crippen molar-refractivity contribution in [2.45, 2.75) is 82.2 Å². The number of amides is 2. The highest BCUT2D eigenvalue weighted by molar-refractivity contribution is 5.86. The van der Waals surface area contributed by atoms with E-state index in [4.69, 9.17) is 5.73 Å². The number of phenols is 1. The third kappa shape index (κ3) is 4.20. The molecule has 6 nitrogen and oxygen atoms in total. The van der Waals surface area contributed by atoms with Crippen molar-refractivity contribution in [2.24, 2.45) is 11.7 Å². The van der Waals surface area contributed by atoms with E-state index >= 15 is 0 Å². The maximum absolute atomic E-state index is 12.2. The Kier molecular flexibility index (Phi) is 5.80. The van der Waals surface area contributed by atoms with Crippen LogP contribution in [0.3, 0.4) is 0 Å². The Bertz CT molecular complexity index is 822. The number of rotatable bonds is 8. The number of nitrogens with one attached hydrogen (secondary N) is 1. The molecule has 0 aromatic heterocycles. The minimum atomic E-state index is -0.640. The number of carbonyl (C=O) groups is 2. The standard InChI is InChI=1S/C24H35N3O3/c1-15-19-8-7-18(28)12-20(19)24(9-3-4-22(29)26-16(2)23(25)30)10-11-27(21(15)13-24)14-17-5-6-17/h7-8,12,15-17,21,28H,3-6,9-11,13-14H2,1-2H3,(H2,25,30)(H,26,29)/t15?,16-,21-,24-/m0/s1. The minimum absolute atomic E-state index is 0.0148. The highest BCUT2D eigenvalue weighted by atomic mass is 16.3. The maximum atomic E-state index is 12.2. The van der Waals surface area contributed by atoms with E-state index in [1.807, 2.05) is 12.1 Å². The van der Waals surface area contributed by atoms with Crippen LogP contribution in [0.2, 0.25) is 0 Å². The topological polar surface area (TPSA) is 95.7 Å². The molecule has 2 fully saturated rings. The number of likely N-dealkylation sites (tertiary alicyclic amines) is 1. The molecule has 1 saturated carbocycles. The van der Waals surface area contributed by atoms with E-state index in [9.17, 15) is 14.7 Å². The molecule has 2 bridgehead atoms. The zero-order valence-corrected chi connectivity index (χ0v) is 18.2. The van der Waals surface area contributed by atoms with Crippen molar-refractivity contribution in [3.8, 4) is 5.75 Å². The lowest BCUT2D eigenvalue weighted by atomic mass is 9.59. The van der Waals surface area contributed by atoms with Crippen LogP contribution in [-0.4, -0.2) is 47.0 Å². The van der Waals surface area contributed by atoms with Crippen LogP contribution in [0.25, 0.3) is 0 Å². The first-order valence-corrected chi connectivity index (χ1v) is 11.5. The first kappa shape index (κ1) is 21.2. The van der Waals surface area contributed by atoms with Gasteiger partial charge in [0.25, 0.3) is 0 Å². The SMILES string of the molecule is CC1c2ccc(O)cc2[C@@]2(CCCC(=O)N[C@@H](C)C(N)=O)CCN(CC3CC3)[C@H]1C2. The molecule has 30 heavy (non-hydrogen) atoms. The Labute approximate surface area is 179 Å². The second kappa shape index (κ2) is 8.22. The number of fused-ring (bicyclic) bond motifs is 4. The summed E-state index contributed by atoms with van der Waals surface area (Å²) in [6.45, 7) is 6.24. The van der Waals surface area contributed by atoms with E-state index < -0.39 is 11.9 Å². The third-order valence-corrected chi connectivity index (χ3v) is 7.68. The molecule has 4 rings (SSSR count). The summed E-state index contributed by atoms with van der Waals surface area (Å²) >= 11 is 0. The largest absolute Gasteiger partial charge is 0.508 e. The molecule has 6 heteroatoms. The first-order valence-electron chi connectivity index (χ1n) is 11.5. The third-order valence-electron chi connectivity index (χ3n) is 7.68. The summed E-state index contributed by atoms with van der Waals surface area (Å²) in [6.07, 6.45) is 6.96. The van der Waals surface area contributed by atoms with Crippen LogP contribution in [0.4, 0.5) is 0 Å². The number of nitrogens with two attached hydrogens (primary N) is 1. The summed E-state index contributed by atoms with van der Waals surface area (Å²) in [7, 11) is 0. The predicted octanol–water partition coefficient (Wildman–Crippen LogP) is 2.78. The van der Waals surface area contributed by atoms with E-state index in [2.05, 4.69) is 23.2 Å². The van der Waals surface area contributed by atoms with Crippen molar-refractivity contribution < 1.29 is 14.7 Å². The number of aromatic hydroxyl groups is 1. The number of hydrogen-bond donors (Lipinski definition) is 3. The number of nitrogens with zero attached hydrogens (tertiary/aromatic N) is 1. The summed E-state index contributed by atoms with van der Waals surface area (Å²) in [5, 5.41) is 12.9. The van der Waals surface area contributed by atoms with E-state index in [1.165, 1.54) is 30.5 Å². The van der Waals surface area contributed by atoms with E-state index in [0.717, 1.165) is 38.1 Å². The summed E-state index contributed by atoms with van der Waals surface area (Å²) in [4.78, 5) is 26.1. The Morgan fingerprint density at radius 3 is 2.83 bits per heavy atom. The molecule has 1 heterocycles. The molecule has 1 unspecified atom stereocenters. The molecule has 2 amide bonds. The molecule has 1 aromatic rings. The summed E-state index contributed by atoms with van der Waals surface area (Å²) in [6, 6.07) is 5.78. The lowest BCUT2D eigenvalue weighted by molar-refractivity contribution is -0.127. The lowest BCUT2D eigenvalue weighted by Crippen LogP contribution is -2.55. The molecule has 0 radical (unpaired) electrons. The van der Waals surface area contributed by atoms with Crippen molar-refractivity contribution >= 4 is 11.8 Å². The monoisotopic (exact) mass is 413 g/mol. The van der Waals surface area contributed by atoms with Gasteiger partial charge < -0.3 is 16.2 Å². The van der Waals surface area contributed by atoms with Gasteiger partial charge >= 0.3 is 0 Å². The van der Waals surface area contributed by atoms with Crippen LogP contribution in [0.5, 0.6) is 5.75 Å². The normalized spacial score (nSPS) is 29.1. The van der Waals surface area contributed by atoms with Gasteiger partial charge in [0.15, 0.2) is 0 Å². The van der Waals surface area contributed by atoms with Gasteiger partial charge in [-0.25, -0.2) is 0 Å². The van der Waals surface area contributed by atoms with Crippen LogP contribution in [0, 0.1) is 5.92 Å². The quantitative estimate of drug-likeness (QED) is 0.611. The van der Waals surface area contributed by atoms with Crippen molar-refractivity contribution in [3.05, 3.63) is 29.3 Å².